The second-order valence-electron chi connectivity index (χ2n) is 7.28. The molecule has 5 atom stereocenters. The summed E-state index contributed by atoms with van der Waals surface area (Å²) in [5.41, 5.74) is 1.52. The molecular formula is C18H23N7O6S. The molecule has 0 radical (unpaired) electrons. The van der Waals surface area contributed by atoms with Gasteiger partial charge in [0.15, 0.2) is 23.2 Å². The standard InChI is InChI=1S/C18H23N7O6S/c19-32(29,30)23-6-12-14(27)15(28)18(31-12)25-9-22-13-16(20-8-21-17(13)25)24-11(7-26)10-4-2-1-3-5-10/h1-5,8-9,11-12,14-15,18,23,26-28H,6-7H2,(H2,19,29,30)(H,20,21,24)/t11-,12+,14+,15+,18?/m0/s1. The number of ether oxygens (including phenoxy) is 1. The Morgan fingerprint density at radius 3 is 2.59 bits per heavy atom. The van der Waals surface area contributed by atoms with Gasteiger partial charge in [0.25, 0.3) is 10.2 Å². The molecule has 172 valence electrons. The van der Waals surface area contributed by atoms with Crippen LogP contribution in [-0.2, 0) is 14.9 Å². The normalized spacial score (nSPS) is 24.6. The predicted molar refractivity (Wildman–Crippen MR) is 112 cm³/mol. The maximum absolute atomic E-state index is 11.1. The first-order chi connectivity index (χ1) is 15.3. The second-order valence-corrected chi connectivity index (χ2v) is 8.65. The zero-order chi connectivity index (χ0) is 22.9. The minimum atomic E-state index is -3.99. The minimum Gasteiger partial charge on any atom is -0.394 e. The van der Waals surface area contributed by atoms with E-state index in [1.54, 1.807) is 0 Å². The summed E-state index contributed by atoms with van der Waals surface area (Å²) in [4.78, 5) is 12.7. The Hall–Kier alpha value is -2.72. The van der Waals surface area contributed by atoms with Crippen LogP contribution in [0.5, 0.6) is 0 Å². The van der Waals surface area contributed by atoms with Crippen molar-refractivity contribution in [2.24, 2.45) is 5.14 Å². The molecule has 32 heavy (non-hydrogen) atoms. The molecule has 1 unspecified atom stereocenters. The maximum Gasteiger partial charge on any atom is 0.274 e. The number of rotatable bonds is 8. The van der Waals surface area contributed by atoms with E-state index in [2.05, 4.69) is 20.3 Å². The van der Waals surface area contributed by atoms with E-state index in [-0.39, 0.29) is 13.2 Å². The Labute approximate surface area is 183 Å². The summed E-state index contributed by atoms with van der Waals surface area (Å²) >= 11 is 0. The lowest BCUT2D eigenvalue weighted by molar-refractivity contribution is -0.0330. The molecule has 1 aliphatic rings. The van der Waals surface area contributed by atoms with Crippen LogP contribution < -0.4 is 15.2 Å². The van der Waals surface area contributed by atoms with Crippen molar-refractivity contribution in [1.29, 1.82) is 0 Å². The van der Waals surface area contributed by atoms with Gasteiger partial charge in [-0.3, -0.25) is 4.57 Å². The van der Waals surface area contributed by atoms with Gasteiger partial charge in [0, 0.05) is 6.54 Å². The van der Waals surface area contributed by atoms with E-state index in [4.69, 9.17) is 9.88 Å². The van der Waals surface area contributed by atoms with Gasteiger partial charge in [0.05, 0.1) is 19.0 Å². The molecule has 0 spiro atoms. The molecule has 1 saturated heterocycles. The summed E-state index contributed by atoms with van der Waals surface area (Å²) in [6, 6.07) is 8.87. The summed E-state index contributed by atoms with van der Waals surface area (Å²) < 4.78 is 31.4. The van der Waals surface area contributed by atoms with E-state index in [1.807, 2.05) is 35.1 Å². The lowest BCUT2D eigenvalue weighted by Gasteiger charge is -2.18. The van der Waals surface area contributed by atoms with Gasteiger partial charge in [-0.05, 0) is 5.56 Å². The first-order valence-corrected chi connectivity index (χ1v) is 11.2. The lowest BCUT2D eigenvalue weighted by Crippen LogP contribution is -2.42. The molecule has 14 heteroatoms. The van der Waals surface area contributed by atoms with Crippen LogP contribution in [0.25, 0.3) is 11.2 Å². The molecule has 13 nitrogen and oxygen atoms in total. The number of aliphatic hydroxyl groups excluding tert-OH is 3. The zero-order valence-corrected chi connectivity index (χ0v) is 17.5. The van der Waals surface area contributed by atoms with E-state index in [1.165, 1.54) is 17.2 Å². The average molecular weight is 465 g/mol. The molecule has 0 bridgehead atoms. The van der Waals surface area contributed by atoms with E-state index in [0.717, 1.165) is 5.56 Å². The molecule has 0 aliphatic carbocycles. The van der Waals surface area contributed by atoms with E-state index in [9.17, 15) is 23.7 Å². The van der Waals surface area contributed by atoms with Gasteiger partial charge in [-0.15, -0.1) is 0 Å². The highest BCUT2D eigenvalue weighted by molar-refractivity contribution is 7.87. The summed E-state index contributed by atoms with van der Waals surface area (Å²) in [6.07, 6.45) is -2.20. The number of hydrogen-bond donors (Lipinski definition) is 6. The van der Waals surface area contributed by atoms with Gasteiger partial charge in [0.2, 0.25) is 0 Å². The Kier molecular flexibility index (Phi) is 6.34. The lowest BCUT2D eigenvalue weighted by atomic mass is 10.1. The molecule has 3 aromatic rings. The first kappa shape index (κ1) is 22.5. The van der Waals surface area contributed by atoms with Crippen molar-refractivity contribution < 1.29 is 28.5 Å². The highest BCUT2D eigenvalue weighted by atomic mass is 32.2. The monoisotopic (exact) mass is 465 g/mol. The van der Waals surface area contributed by atoms with Crippen molar-refractivity contribution >= 4 is 27.2 Å². The molecular weight excluding hydrogens is 442 g/mol. The van der Waals surface area contributed by atoms with Crippen LogP contribution in [0.4, 0.5) is 5.82 Å². The molecule has 7 N–H and O–H groups in total. The fourth-order valence-corrected chi connectivity index (χ4v) is 3.95. The van der Waals surface area contributed by atoms with Crippen molar-refractivity contribution in [2.45, 2.75) is 30.6 Å². The molecule has 0 saturated carbocycles. The molecule has 1 fully saturated rings. The Balaban J connectivity index is 1.59. The maximum atomic E-state index is 11.1. The number of imidazole rings is 1. The predicted octanol–water partition coefficient (Wildman–Crippen LogP) is -1.62. The number of anilines is 1. The first-order valence-electron chi connectivity index (χ1n) is 9.67. The van der Waals surface area contributed by atoms with Crippen molar-refractivity contribution in [1.82, 2.24) is 24.2 Å². The number of aromatic nitrogens is 4. The highest BCUT2D eigenvalue weighted by Gasteiger charge is 2.44. The quantitative estimate of drug-likeness (QED) is 0.225. The van der Waals surface area contributed by atoms with Gasteiger partial charge in [-0.25, -0.2) is 20.1 Å². The summed E-state index contributed by atoms with van der Waals surface area (Å²) in [5, 5.41) is 38.6. The number of hydrogen-bond acceptors (Lipinski definition) is 10. The van der Waals surface area contributed by atoms with Gasteiger partial charge < -0.3 is 25.4 Å². The number of nitrogens with zero attached hydrogens (tertiary/aromatic N) is 4. The van der Waals surface area contributed by atoms with Crippen molar-refractivity contribution in [3.8, 4) is 0 Å². The number of aliphatic hydroxyl groups is 3. The van der Waals surface area contributed by atoms with Crippen LogP contribution >= 0.6 is 0 Å². The largest absolute Gasteiger partial charge is 0.394 e. The zero-order valence-electron chi connectivity index (χ0n) is 16.7. The molecule has 1 aliphatic heterocycles. The Morgan fingerprint density at radius 1 is 1.16 bits per heavy atom. The molecule has 2 aromatic heterocycles. The third kappa shape index (κ3) is 4.56. The third-order valence-corrected chi connectivity index (χ3v) is 5.72. The van der Waals surface area contributed by atoms with Gasteiger partial charge >= 0.3 is 0 Å². The number of benzene rings is 1. The molecule has 0 amide bonds. The minimum absolute atomic E-state index is 0.189. The summed E-state index contributed by atoms with van der Waals surface area (Å²) in [7, 11) is -3.99. The third-order valence-electron chi connectivity index (χ3n) is 5.15. The number of nitrogens with one attached hydrogen (secondary N) is 2. The van der Waals surface area contributed by atoms with E-state index < -0.39 is 40.8 Å². The average Bonchev–Trinajstić information content (AvgIpc) is 3.32. The van der Waals surface area contributed by atoms with Crippen LogP contribution in [0.1, 0.15) is 17.8 Å². The number of nitrogens with two attached hydrogens (primary N) is 1. The smallest absolute Gasteiger partial charge is 0.274 e. The topological polar surface area (TPSA) is 198 Å². The molecule has 1 aromatic carbocycles. The SMILES string of the molecule is NS(=O)(=O)NC[C@H]1OC(n2cnc3c(N[C@@H](CO)c4ccccc4)ncnc32)[C@H](O)[C@@H]1O. The van der Waals surface area contributed by atoms with Crippen molar-refractivity contribution in [2.75, 3.05) is 18.5 Å². The van der Waals surface area contributed by atoms with Crippen LogP contribution in [-0.4, -0.2) is 74.7 Å². The van der Waals surface area contributed by atoms with Gasteiger partial charge in [-0.1, -0.05) is 30.3 Å². The molecule has 4 rings (SSSR count). The van der Waals surface area contributed by atoms with Gasteiger partial charge in [-0.2, -0.15) is 13.1 Å². The summed E-state index contributed by atoms with van der Waals surface area (Å²) in [6.45, 7) is -0.511. The Morgan fingerprint density at radius 2 is 1.91 bits per heavy atom. The van der Waals surface area contributed by atoms with Crippen LogP contribution in [0, 0.1) is 0 Å². The Bertz CT molecular complexity index is 1180. The summed E-state index contributed by atoms with van der Waals surface area (Å²) in [5.74, 6) is 0.358. The van der Waals surface area contributed by atoms with Crippen molar-refractivity contribution in [3.05, 3.63) is 48.5 Å². The highest BCUT2D eigenvalue weighted by Crippen LogP contribution is 2.32. The van der Waals surface area contributed by atoms with E-state index >= 15 is 0 Å². The fraction of sp³-hybridized carbons (Fsp3) is 0.389. The van der Waals surface area contributed by atoms with E-state index in [0.29, 0.717) is 17.0 Å². The van der Waals surface area contributed by atoms with Crippen LogP contribution in [0.3, 0.4) is 0 Å². The number of fused-ring (bicyclic) bond motifs is 1. The van der Waals surface area contributed by atoms with Crippen LogP contribution in [0.2, 0.25) is 0 Å². The fourth-order valence-electron chi connectivity index (χ4n) is 3.55. The van der Waals surface area contributed by atoms with Crippen LogP contribution in [0.15, 0.2) is 43.0 Å². The second kappa shape index (κ2) is 9.03. The van der Waals surface area contributed by atoms with Crippen molar-refractivity contribution in [3.63, 3.8) is 0 Å². The van der Waals surface area contributed by atoms with Gasteiger partial charge in [0.1, 0.15) is 24.6 Å². The molecule has 3 heterocycles.